The van der Waals surface area contributed by atoms with Gasteiger partial charge in [0, 0.05) is 19.5 Å². The lowest BCUT2D eigenvalue weighted by atomic mass is 10.1. The minimum atomic E-state index is 0.163. The van der Waals surface area contributed by atoms with Gasteiger partial charge in [-0.3, -0.25) is 4.79 Å². The topological polar surface area (TPSA) is 46.9 Å². The van der Waals surface area contributed by atoms with Crippen molar-refractivity contribution in [2.24, 2.45) is 0 Å². The number of aryl methyl sites for hydroxylation is 1. The summed E-state index contributed by atoms with van der Waals surface area (Å²) in [6.45, 7) is 3.73. The number of nitrogens with one attached hydrogen (secondary N) is 1. The van der Waals surface area contributed by atoms with Crippen LogP contribution in [0.4, 0.5) is 5.82 Å². The summed E-state index contributed by atoms with van der Waals surface area (Å²) in [5.74, 6) is 1.06. The van der Waals surface area contributed by atoms with Gasteiger partial charge in [-0.15, -0.1) is 0 Å². The van der Waals surface area contributed by atoms with Crippen molar-refractivity contribution in [3.05, 3.63) is 11.8 Å². The molecule has 1 aromatic heterocycles. The Bertz CT molecular complexity index is 330. The number of Topliss-reactive ketones (excluding diaryl/α,β-unsaturated/α-hetero) is 1. The molecule has 2 rings (SSSR count). The molecule has 0 amide bonds. The van der Waals surface area contributed by atoms with Crippen LogP contribution in [0.15, 0.2) is 6.20 Å². The van der Waals surface area contributed by atoms with Crippen LogP contribution in [0.1, 0.15) is 30.1 Å². The fraction of sp³-hybridized carbons (Fsp3) is 0.556. The van der Waals surface area contributed by atoms with E-state index >= 15 is 0 Å². The molecule has 0 radical (unpaired) electrons. The lowest BCUT2D eigenvalue weighted by Crippen LogP contribution is -2.19. The van der Waals surface area contributed by atoms with Crippen LogP contribution in [0.5, 0.6) is 0 Å². The molecule has 4 nitrogen and oxygen atoms in total. The van der Waals surface area contributed by atoms with Gasteiger partial charge in [0.15, 0.2) is 5.78 Å². The summed E-state index contributed by atoms with van der Waals surface area (Å²) in [7, 11) is 0. The molecule has 0 spiro atoms. The molecule has 0 saturated carbocycles. The van der Waals surface area contributed by atoms with E-state index in [1.54, 1.807) is 6.20 Å². The largest absolute Gasteiger partial charge is 0.370 e. The number of anilines is 1. The first-order valence-electron chi connectivity index (χ1n) is 4.66. The summed E-state index contributed by atoms with van der Waals surface area (Å²) in [4.78, 5) is 11.5. The van der Waals surface area contributed by atoms with Gasteiger partial charge in [-0.25, -0.2) is 4.68 Å². The monoisotopic (exact) mass is 179 g/mol. The predicted molar refractivity (Wildman–Crippen MR) is 50.0 cm³/mol. The van der Waals surface area contributed by atoms with Crippen LogP contribution < -0.4 is 5.32 Å². The molecule has 1 aliphatic heterocycles. The lowest BCUT2D eigenvalue weighted by molar-refractivity contribution is 0.0989. The minimum Gasteiger partial charge on any atom is -0.370 e. The number of fused-ring (bicyclic) bond motifs is 1. The number of aromatic nitrogens is 2. The molecular formula is C9H13N3O. The maximum Gasteiger partial charge on any atom is 0.167 e. The molecule has 0 fully saturated rings. The number of hydrogen-bond acceptors (Lipinski definition) is 3. The van der Waals surface area contributed by atoms with Crippen molar-refractivity contribution in [1.82, 2.24) is 9.78 Å². The van der Waals surface area contributed by atoms with Crippen LogP contribution in [0.3, 0.4) is 0 Å². The van der Waals surface area contributed by atoms with Crippen molar-refractivity contribution in [2.45, 2.75) is 26.3 Å². The zero-order valence-corrected chi connectivity index (χ0v) is 7.71. The standard InChI is InChI=1S/C9H13N3O/c1-2-8(13)7-6-11-12-5-3-4-10-9(7)12/h6,10H,2-5H2,1H3. The lowest BCUT2D eigenvalue weighted by Gasteiger charge is -2.16. The third-order valence-electron chi connectivity index (χ3n) is 2.30. The molecule has 2 heterocycles. The summed E-state index contributed by atoms with van der Waals surface area (Å²) in [6.07, 6.45) is 3.29. The van der Waals surface area contributed by atoms with Gasteiger partial charge in [-0.1, -0.05) is 6.92 Å². The van der Waals surface area contributed by atoms with Gasteiger partial charge in [0.25, 0.3) is 0 Å². The van der Waals surface area contributed by atoms with Crippen LogP contribution in [-0.4, -0.2) is 22.1 Å². The van der Waals surface area contributed by atoms with Gasteiger partial charge in [0.2, 0.25) is 0 Å². The molecule has 1 N–H and O–H groups in total. The van der Waals surface area contributed by atoms with Gasteiger partial charge in [-0.05, 0) is 6.42 Å². The maximum atomic E-state index is 11.5. The van der Waals surface area contributed by atoms with Gasteiger partial charge in [-0.2, -0.15) is 5.10 Å². The summed E-state index contributed by atoms with van der Waals surface area (Å²) < 4.78 is 1.87. The zero-order valence-electron chi connectivity index (χ0n) is 7.71. The van der Waals surface area contributed by atoms with E-state index in [-0.39, 0.29) is 5.78 Å². The SMILES string of the molecule is CCC(=O)c1cnn2c1NCCC2. The van der Waals surface area contributed by atoms with E-state index in [0.29, 0.717) is 6.42 Å². The van der Waals surface area contributed by atoms with E-state index in [4.69, 9.17) is 0 Å². The summed E-state index contributed by atoms with van der Waals surface area (Å²) >= 11 is 0. The average Bonchev–Trinajstić information content (AvgIpc) is 2.60. The van der Waals surface area contributed by atoms with E-state index in [2.05, 4.69) is 10.4 Å². The molecule has 70 valence electrons. The number of hydrogen-bond donors (Lipinski definition) is 1. The minimum absolute atomic E-state index is 0.163. The number of carbonyl (C=O) groups excluding carboxylic acids is 1. The second-order valence-corrected chi connectivity index (χ2v) is 3.19. The first kappa shape index (κ1) is 8.29. The van der Waals surface area contributed by atoms with Crippen molar-refractivity contribution in [3.8, 4) is 0 Å². The molecule has 0 aliphatic carbocycles. The van der Waals surface area contributed by atoms with E-state index in [1.807, 2.05) is 11.6 Å². The average molecular weight is 179 g/mol. The Hall–Kier alpha value is -1.32. The molecule has 0 aromatic carbocycles. The van der Waals surface area contributed by atoms with Crippen molar-refractivity contribution in [2.75, 3.05) is 11.9 Å². The molecular weight excluding hydrogens is 166 g/mol. The van der Waals surface area contributed by atoms with Crippen LogP contribution in [0.25, 0.3) is 0 Å². The maximum absolute atomic E-state index is 11.5. The smallest absolute Gasteiger partial charge is 0.167 e. The van der Waals surface area contributed by atoms with Crippen molar-refractivity contribution < 1.29 is 4.79 Å². The van der Waals surface area contributed by atoms with E-state index in [9.17, 15) is 4.79 Å². The Balaban J connectivity index is 2.36. The van der Waals surface area contributed by atoms with Crippen LogP contribution in [0.2, 0.25) is 0 Å². The number of carbonyl (C=O) groups is 1. The zero-order chi connectivity index (χ0) is 9.26. The van der Waals surface area contributed by atoms with Crippen molar-refractivity contribution in [3.63, 3.8) is 0 Å². The number of rotatable bonds is 2. The fourth-order valence-electron chi connectivity index (χ4n) is 1.57. The molecule has 1 aliphatic rings. The molecule has 13 heavy (non-hydrogen) atoms. The van der Waals surface area contributed by atoms with E-state index in [0.717, 1.165) is 30.9 Å². The van der Waals surface area contributed by atoms with E-state index < -0.39 is 0 Å². The Morgan fingerprint density at radius 1 is 1.77 bits per heavy atom. The van der Waals surface area contributed by atoms with Crippen molar-refractivity contribution in [1.29, 1.82) is 0 Å². The second kappa shape index (κ2) is 3.20. The number of nitrogens with zero attached hydrogens (tertiary/aromatic N) is 2. The Labute approximate surface area is 76.9 Å². The van der Waals surface area contributed by atoms with Gasteiger partial charge in [0.05, 0.1) is 11.8 Å². The summed E-state index contributed by atoms with van der Waals surface area (Å²) in [6, 6.07) is 0. The van der Waals surface area contributed by atoms with Gasteiger partial charge in [0.1, 0.15) is 5.82 Å². The Morgan fingerprint density at radius 3 is 3.38 bits per heavy atom. The van der Waals surface area contributed by atoms with Crippen LogP contribution >= 0.6 is 0 Å². The molecule has 0 bridgehead atoms. The molecule has 0 saturated heterocycles. The first-order chi connectivity index (χ1) is 6.33. The predicted octanol–water partition coefficient (Wildman–Crippen LogP) is 1.29. The van der Waals surface area contributed by atoms with E-state index in [1.165, 1.54) is 0 Å². The third-order valence-corrected chi connectivity index (χ3v) is 2.30. The highest BCUT2D eigenvalue weighted by Crippen LogP contribution is 2.20. The Morgan fingerprint density at radius 2 is 2.62 bits per heavy atom. The quantitative estimate of drug-likeness (QED) is 0.696. The first-order valence-corrected chi connectivity index (χ1v) is 4.66. The second-order valence-electron chi connectivity index (χ2n) is 3.19. The Kier molecular flexibility index (Phi) is 2.04. The fourth-order valence-corrected chi connectivity index (χ4v) is 1.57. The number of ketones is 1. The van der Waals surface area contributed by atoms with Crippen LogP contribution in [-0.2, 0) is 6.54 Å². The van der Waals surface area contributed by atoms with Crippen LogP contribution in [0, 0.1) is 0 Å². The molecule has 0 unspecified atom stereocenters. The molecule has 0 atom stereocenters. The third kappa shape index (κ3) is 1.32. The summed E-state index contributed by atoms with van der Waals surface area (Å²) in [5.41, 5.74) is 0.738. The normalized spacial score (nSPS) is 14.8. The highest BCUT2D eigenvalue weighted by molar-refractivity contribution is 6.00. The van der Waals surface area contributed by atoms with Gasteiger partial charge >= 0.3 is 0 Å². The highest BCUT2D eigenvalue weighted by atomic mass is 16.1. The van der Waals surface area contributed by atoms with Crippen molar-refractivity contribution >= 4 is 11.6 Å². The van der Waals surface area contributed by atoms with Gasteiger partial charge < -0.3 is 5.32 Å². The molecule has 4 heteroatoms. The highest BCUT2D eigenvalue weighted by Gasteiger charge is 2.17. The molecule has 1 aromatic rings. The summed E-state index contributed by atoms with van der Waals surface area (Å²) in [5, 5.41) is 7.37.